The molecule has 1 aliphatic carbocycles. The van der Waals surface area contributed by atoms with Gasteiger partial charge in [0, 0.05) is 6.04 Å². The minimum atomic E-state index is -0.00788. The molecule has 1 N–H and O–H groups in total. The van der Waals surface area contributed by atoms with Gasteiger partial charge < -0.3 is 9.67 Å². The SMILES string of the molecule is CC1CCC(n2cnnc2CO)CC1. The molecule has 0 amide bonds. The lowest BCUT2D eigenvalue weighted by atomic mass is 9.87. The molecule has 78 valence electrons. The van der Waals surface area contributed by atoms with Crippen LogP contribution in [0.25, 0.3) is 0 Å². The normalized spacial score (nSPS) is 27.9. The summed E-state index contributed by atoms with van der Waals surface area (Å²) in [7, 11) is 0. The molecular weight excluding hydrogens is 178 g/mol. The van der Waals surface area contributed by atoms with Gasteiger partial charge in [-0.2, -0.15) is 0 Å². The third-order valence-corrected chi connectivity index (χ3v) is 3.17. The van der Waals surface area contributed by atoms with Crippen LogP contribution < -0.4 is 0 Å². The zero-order chi connectivity index (χ0) is 9.97. The summed E-state index contributed by atoms with van der Waals surface area (Å²) in [5, 5.41) is 16.8. The van der Waals surface area contributed by atoms with Gasteiger partial charge >= 0.3 is 0 Å². The van der Waals surface area contributed by atoms with Gasteiger partial charge in [-0.25, -0.2) is 0 Å². The molecule has 4 heteroatoms. The van der Waals surface area contributed by atoms with E-state index in [1.807, 2.05) is 4.57 Å². The van der Waals surface area contributed by atoms with Crippen molar-refractivity contribution in [2.75, 3.05) is 0 Å². The van der Waals surface area contributed by atoms with Crippen LogP contribution in [0.15, 0.2) is 6.33 Å². The fraction of sp³-hybridized carbons (Fsp3) is 0.800. The summed E-state index contributed by atoms with van der Waals surface area (Å²) in [4.78, 5) is 0. The number of hydrogen-bond donors (Lipinski definition) is 1. The highest BCUT2D eigenvalue weighted by molar-refractivity contribution is 4.88. The van der Waals surface area contributed by atoms with Crippen LogP contribution in [-0.4, -0.2) is 19.9 Å². The molecule has 1 saturated carbocycles. The Hall–Kier alpha value is -0.900. The molecule has 0 spiro atoms. The van der Waals surface area contributed by atoms with E-state index in [9.17, 15) is 0 Å². The second-order valence-corrected chi connectivity index (χ2v) is 4.23. The minimum absolute atomic E-state index is 0.00788. The lowest BCUT2D eigenvalue weighted by Crippen LogP contribution is -2.18. The van der Waals surface area contributed by atoms with Gasteiger partial charge in [-0.05, 0) is 31.6 Å². The van der Waals surface area contributed by atoms with Crippen LogP contribution in [0, 0.1) is 5.92 Å². The van der Waals surface area contributed by atoms with E-state index in [0.717, 1.165) is 5.92 Å². The molecule has 0 aliphatic heterocycles. The van der Waals surface area contributed by atoms with E-state index in [0.29, 0.717) is 11.9 Å². The van der Waals surface area contributed by atoms with E-state index in [1.165, 1.54) is 25.7 Å². The van der Waals surface area contributed by atoms with Gasteiger partial charge in [-0.3, -0.25) is 0 Å². The van der Waals surface area contributed by atoms with Crippen LogP contribution in [0.3, 0.4) is 0 Å². The second-order valence-electron chi connectivity index (χ2n) is 4.23. The Morgan fingerprint density at radius 1 is 1.43 bits per heavy atom. The van der Waals surface area contributed by atoms with Gasteiger partial charge in [0.1, 0.15) is 12.9 Å². The molecule has 0 unspecified atom stereocenters. The molecule has 1 aromatic heterocycles. The molecule has 1 aliphatic rings. The number of aromatic nitrogens is 3. The van der Waals surface area contributed by atoms with Crippen molar-refractivity contribution in [3.05, 3.63) is 12.2 Å². The summed E-state index contributed by atoms with van der Waals surface area (Å²) in [6.07, 6.45) is 6.66. The lowest BCUT2D eigenvalue weighted by Gasteiger charge is -2.27. The molecule has 0 radical (unpaired) electrons. The predicted octanol–water partition coefficient (Wildman–Crippen LogP) is 1.52. The van der Waals surface area contributed by atoms with Crippen molar-refractivity contribution in [2.24, 2.45) is 5.92 Å². The van der Waals surface area contributed by atoms with Crippen LogP contribution in [0.5, 0.6) is 0 Å². The highest BCUT2D eigenvalue weighted by Gasteiger charge is 2.21. The van der Waals surface area contributed by atoms with Crippen LogP contribution in [0.2, 0.25) is 0 Å². The molecule has 0 aromatic carbocycles. The monoisotopic (exact) mass is 195 g/mol. The minimum Gasteiger partial charge on any atom is -0.388 e. The molecule has 2 rings (SSSR count). The van der Waals surface area contributed by atoms with E-state index in [4.69, 9.17) is 5.11 Å². The first kappa shape index (κ1) is 9.65. The Morgan fingerprint density at radius 2 is 2.14 bits per heavy atom. The maximum absolute atomic E-state index is 9.07. The van der Waals surface area contributed by atoms with Crippen molar-refractivity contribution in [3.63, 3.8) is 0 Å². The van der Waals surface area contributed by atoms with Gasteiger partial charge in [-0.1, -0.05) is 6.92 Å². The Labute approximate surface area is 84.0 Å². The van der Waals surface area contributed by atoms with Gasteiger partial charge in [-0.15, -0.1) is 10.2 Å². The highest BCUT2D eigenvalue weighted by Crippen LogP contribution is 2.31. The number of nitrogens with zero attached hydrogens (tertiary/aromatic N) is 3. The molecule has 1 aromatic rings. The quantitative estimate of drug-likeness (QED) is 0.778. The van der Waals surface area contributed by atoms with E-state index in [-0.39, 0.29) is 6.61 Å². The van der Waals surface area contributed by atoms with E-state index in [1.54, 1.807) is 6.33 Å². The summed E-state index contributed by atoms with van der Waals surface area (Å²) in [5.41, 5.74) is 0. The standard InChI is InChI=1S/C10H17N3O/c1-8-2-4-9(5-3-8)13-7-11-12-10(13)6-14/h7-9,14H,2-6H2,1H3. The zero-order valence-electron chi connectivity index (χ0n) is 8.56. The van der Waals surface area contributed by atoms with Gasteiger partial charge in [0.25, 0.3) is 0 Å². The average molecular weight is 195 g/mol. The third-order valence-electron chi connectivity index (χ3n) is 3.17. The fourth-order valence-electron chi connectivity index (χ4n) is 2.21. The molecule has 1 heterocycles. The van der Waals surface area contributed by atoms with Crippen molar-refractivity contribution in [1.29, 1.82) is 0 Å². The van der Waals surface area contributed by atoms with Crippen molar-refractivity contribution < 1.29 is 5.11 Å². The van der Waals surface area contributed by atoms with Gasteiger partial charge in [0.15, 0.2) is 5.82 Å². The van der Waals surface area contributed by atoms with E-state index < -0.39 is 0 Å². The zero-order valence-corrected chi connectivity index (χ0v) is 8.56. The number of hydrogen-bond acceptors (Lipinski definition) is 3. The summed E-state index contributed by atoms with van der Waals surface area (Å²) < 4.78 is 2.03. The Balaban J connectivity index is 2.08. The maximum Gasteiger partial charge on any atom is 0.158 e. The largest absolute Gasteiger partial charge is 0.388 e. The van der Waals surface area contributed by atoms with E-state index in [2.05, 4.69) is 17.1 Å². The average Bonchev–Trinajstić information content (AvgIpc) is 2.67. The first-order valence-electron chi connectivity index (χ1n) is 5.30. The number of rotatable bonds is 2. The molecule has 4 nitrogen and oxygen atoms in total. The predicted molar refractivity (Wildman–Crippen MR) is 52.6 cm³/mol. The molecule has 1 fully saturated rings. The highest BCUT2D eigenvalue weighted by atomic mass is 16.3. The fourth-order valence-corrected chi connectivity index (χ4v) is 2.21. The molecule has 0 saturated heterocycles. The molecular formula is C10H17N3O. The van der Waals surface area contributed by atoms with Crippen molar-refractivity contribution in [2.45, 2.75) is 45.3 Å². The first-order chi connectivity index (χ1) is 6.81. The van der Waals surface area contributed by atoms with E-state index >= 15 is 0 Å². The van der Waals surface area contributed by atoms with Crippen LogP contribution in [-0.2, 0) is 6.61 Å². The first-order valence-corrected chi connectivity index (χ1v) is 5.30. The molecule has 0 bridgehead atoms. The summed E-state index contributed by atoms with van der Waals surface area (Å²) in [6.45, 7) is 2.29. The van der Waals surface area contributed by atoms with Crippen molar-refractivity contribution >= 4 is 0 Å². The van der Waals surface area contributed by atoms with Crippen molar-refractivity contribution in [3.8, 4) is 0 Å². The lowest BCUT2D eigenvalue weighted by molar-refractivity contribution is 0.240. The Kier molecular flexibility index (Phi) is 2.82. The molecule has 14 heavy (non-hydrogen) atoms. The Bertz CT molecular complexity index is 289. The van der Waals surface area contributed by atoms with Crippen LogP contribution in [0.1, 0.15) is 44.5 Å². The van der Waals surface area contributed by atoms with Gasteiger partial charge in [0.05, 0.1) is 0 Å². The number of aliphatic hydroxyl groups is 1. The van der Waals surface area contributed by atoms with Gasteiger partial charge in [0.2, 0.25) is 0 Å². The number of aliphatic hydroxyl groups excluding tert-OH is 1. The molecule has 0 atom stereocenters. The summed E-state index contributed by atoms with van der Waals surface area (Å²) in [5.74, 6) is 1.55. The topological polar surface area (TPSA) is 50.9 Å². The smallest absolute Gasteiger partial charge is 0.158 e. The second kappa shape index (κ2) is 4.09. The maximum atomic E-state index is 9.07. The van der Waals surface area contributed by atoms with Crippen molar-refractivity contribution in [1.82, 2.24) is 14.8 Å². The van der Waals surface area contributed by atoms with Crippen LogP contribution in [0.4, 0.5) is 0 Å². The summed E-state index contributed by atoms with van der Waals surface area (Å²) in [6, 6.07) is 0.503. The third kappa shape index (κ3) is 1.80. The van der Waals surface area contributed by atoms with Crippen LogP contribution >= 0.6 is 0 Å². The summed E-state index contributed by atoms with van der Waals surface area (Å²) >= 11 is 0. The Morgan fingerprint density at radius 3 is 2.79 bits per heavy atom.